The Morgan fingerprint density at radius 2 is 1.54 bits per heavy atom. The Morgan fingerprint density at radius 1 is 0.964 bits per heavy atom. The van der Waals surface area contributed by atoms with Crippen LogP contribution >= 0.6 is 24.8 Å². The molecule has 3 rings (SSSR count). The summed E-state index contributed by atoms with van der Waals surface area (Å²) in [5.74, 6) is -0.0442. The lowest BCUT2D eigenvalue weighted by molar-refractivity contribution is -0.137. The smallest absolute Gasteiger partial charge is 0.227 e. The van der Waals surface area contributed by atoms with Crippen LogP contribution in [0.15, 0.2) is 54.6 Å². The molecule has 4 nitrogen and oxygen atoms in total. The summed E-state index contributed by atoms with van der Waals surface area (Å²) in [5.41, 5.74) is 10.0. The molecule has 6 heteroatoms. The standard InChI is InChI=1S/C22H29N3O.2ClH/c1-17-8-6-7-11-20(17)16-24-12-14-25(15-13-24)22(26)18(2)21(23)19-9-4-3-5-10-19;;/h3-11,18,21H,12-16,23H2,1-2H3;2*1H. The van der Waals surface area contributed by atoms with Crippen LogP contribution in [0, 0.1) is 12.8 Å². The third-order valence-electron chi connectivity index (χ3n) is 5.45. The van der Waals surface area contributed by atoms with E-state index in [4.69, 9.17) is 5.73 Å². The molecule has 0 radical (unpaired) electrons. The summed E-state index contributed by atoms with van der Waals surface area (Å²) >= 11 is 0. The Hall–Kier alpha value is -1.59. The van der Waals surface area contributed by atoms with Gasteiger partial charge in [-0.3, -0.25) is 9.69 Å². The number of halogens is 2. The number of hydrogen-bond acceptors (Lipinski definition) is 3. The summed E-state index contributed by atoms with van der Waals surface area (Å²) in [4.78, 5) is 17.3. The number of nitrogens with zero attached hydrogens (tertiary/aromatic N) is 2. The van der Waals surface area contributed by atoms with E-state index in [1.165, 1.54) is 11.1 Å². The monoisotopic (exact) mass is 423 g/mol. The largest absolute Gasteiger partial charge is 0.340 e. The van der Waals surface area contributed by atoms with Crippen LogP contribution in [0.4, 0.5) is 0 Å². The summed E-state index contributed by atoms with van der Waals surface area (Å²) in [7, 11) is 0. The fourth-order valence-electron chi connectivity index (χ4n) is 3.56. The molecule has 0 spiro atoms. The fourth-order valence-corrected chi connectivity index (χ4v) is 3.56. The van der Waals surface area contributed by atoms with Gasteiger partial charge < -0.3 is 10.6 Å². The minimum atomic E-state index is -0.256. The first-order chi connectivity index (χ1) is 12.6. The number of nitrogens with two attached hydrogens (primary N) is 1. The van der Waals surface area contributed by atoms with Crippen molar-refractivity contribution in [2.24, 2.45) is 11.7 Å². The van der Waals surface area contributed by atoms with Crippen molar-refractivity contribution in [1.82, 2.24) is 9.80 Å². The minimum absolute atomic E-state index is 0. The van der Waals surface area contributed by atoms with Gasteiger partial charge in [0.25, 0.3) is 0 Å². The van der Waals surface area contributed by atoms with Gasteiger partial charge in [-0.2, -0.15) is 0 Å². The highest BCUT2D eigenvalue weighted by atomic mass is 35.5. The van der Waals surface area contributed by atoms with Crippen molar-refractivity contribution in [2.45, 2.75) is 26.4 Å². The van der Waals surface area contributed by atoms with Crippen molar-refractivity contribution in [3.8, 4) is 0 Å². The third-order valence-corrected chi connectivity index (χ3v) is 5.45. The van der Waals surface area contributed by atoms with Crippen LogP contribution in [-0.2, 0) is 11.3 Å². The van der Waals surface area contributed by atoms with E-state index in [1.807, 2.05) is 42.2 Å². The van der Waals surface area contributed by atoms with Crippen molar-refractivity contribution in [3.05, 3.63) is 71.3 Å². The van der Waals surface area contributed by atoms with E-state index in [0.717, 1.165) is 38.3 Å². The molecule has 1 fully saturated rings. The van der Waals surface area contributed by atoms with E-state index in [0.29, 0.717) is 0 Å². The van der Waals surface area contributed by atoms with Gasteiger partial charge in [0.1, 0.15) is 0 Å². The van der Waals surface area contributed by atoms with E-state index in [-0.39, 0.29) is 42.7 Å². The van der Waals surface area contributed by atoms with Crippen LogP contribution in [0.5, 0.6) is 0 Å². The van der Waals surface area contributed by atoms with E-state index < -0.39 is 0 Å². The van der Waals surface area contributed by atoms with Crippen molar-refractivity contribution in [3.63, 3.8) is 0 Å². The van der Waals surface area contributed by atoms with Gasteiger partial charge in [0.15, 0.2) is 0 Å². The summed E-state index contributed by atoms with van der Waals surface area (Å²) in [6, 6.07) is 18.2. The lowest BCUT2D eigenvalue weighted by atomic mass is 9.94. The zero-order valence-corrected chi connectivity index (χ0v) is 18.2. The number of carbonyl (C=O) groups excluding carboxylic acids is 1. The maximum atomic E-state index is 12.9. The Labute approximate surface area is 180 Å². The molecule has 2 aromatic carbocycles. The lowest BCUT2D eigenvalue weighted by Gasteiger charge is -2.37. The van der Waals surface area contributed by atoms with Gasteiger partial charge in [0, 0.05) is 38.8 Å². The van der Waals surface area contributed by atoms with Crippen LogP contribution in [-0.4, -0.2) is 41.9 Å². The van der Waals surface area contributed by atoms with Gasteiger partial charge in [0.2, 0.25) is 5.91 Å². The topological polar surface area (TPSA) is 49.6 Å². The average molecular weight is 424 g/mol. The Kier molecular flexibility index (Phi) is 9.97. The van der Waals surface area contributed by atoms with Gasteiger partial charge in [-0.1, -0.05) is 61.5 Å². The molecule has 1 heterocycles. The lowest BCUT2D eigenvalue weighted by Crippen LogP contribution is -2.50. The number of rotatable bonds is 5. The number of hydrogen-bond donors (Lipinski definition) is 1. The fraction of sp³-hybridized carbons (Fsp3) is 0.409. The molecule has 154 valence electrons. The van der Waals surface area contributed by atoms with Crippen LogP contribution in [0.1, 0.15) is 29.7 Å². The first kappa shape index (κ1) is 24.4. The minimum Gasteiger partial charge on any atom is -0.340 e. The quantitative estimate of drug-likeness (QED) is 0.794. The molecule has 1 aliphatic heterocycles. The second-order valence-corrected chi connectivity index (χ2v) is 7.25. The second kappa shape index (κ2) is 11.4. The summed E-state index contributed by atoms with van der Waals surface area (Å²) < 4.78 is 0. The maximum absolute atomic E-state index is 12.9. The van der Waals surface area contributed by atoms with Crippen molar-refractivity contribution in [1.29, 1.82) is 0 Å². The highest BCUT2D eigenvalue weighted by molar-refractivity contribution is 5.85. The number of aryl methyl sites for hydroxylation is 1. The second-order valence-electron chi connectivity index (χ2n) is 7.25. The highest BCUT2D eigenvalue weighted by Crippen LogP contribution is 2.22. The Bertz CT molecular complexity index is 734. The van der Waals surface area contributed by atoms with E-state index >= 15 is 0 Å². The first-order valence-corrected chi connectivity index (χ1v) is 9.42. The molecule has 1 saturated heterocycles. The molecule has 0 aromatic heterocycles. The van der Waals surface area contributed by atoms with E-state index in [9.17, 15) is 4.79 Å². The predicted molar refractivity (Wildman–Crippen MR) is 120 cm³/mol. The molecule has 2 N–H and O–H groups in total. The molecular formula is C22H31Cl2N3O. The summed E-state index contributed by atoms with van der Waals surface area (Å²) in [6.45, 7) is 8.42. The Morgan fingerprint density at radius 3 is 2.14 bits per heavy atom. The third kappa shape index (κ3) is 5.95. The normalized spacial score (nSPS) is 16.5. The number of carbonyl (C=O) groups is 1. The molecule has 1 aliphatic rings. The SMILES string of the molecule is Cc1ccccc1CN1CCN(C(=O)C(C)C(N)c2ccccc2)CC1.Cl.Cl. The molecule has 0 saturated carbocycles. The van der Waals surface area contributed by atoms with Gasteiger partial charge in [-0.15, -0.1) is 24.8 Å². The number of benzene rings is 2. The van der Waals surface area contributed by atoms with Gasteiger partial charge in [-0.05, 0) is 23.6 Å². The molecule has 2 unspecified atom stereocenters. The molecular weight excluding hydrogens is 393 g/mol. The maximum Gasteiger partial charge on any atom is 0.227 e. The van der Waals surface area contributed by atoms with Crippen LogP contribution in [0.25, 0.3) is 0 Å². The van der Waals surface area contributed by atoms with Crippen LogP contribution in [0.2, 0.25) is 0 Å². The highest BCUT2D eigenvalue weighted by Gasteiger charge is 2.29. The van der Waals surface area contributed by atoms with Crippen LogP contribution < -0.4 is 5.73 Å². The first-order valence-electron chi connectivity index (χ1n) is 9.42. The average Bonchev–Trinajstić information content (AvgIpc) is 2.69. The van der Waals surface area contributed by atoms with E-state index in [1.54, 1.807) is 0 Å². The molecule has 2 aromatic rings. The number of amides is 1. The molecule has 0 bridgehead atoms. The van der Waals surface area contributed by atoms with Crippen LogP contribution in [0.3, 0.4) is 0 Å². The zero-order valence-electron chi connectivity index (χ0n) is 16.6. The van der Waals surface area contributed by atoms with Crippen molar-refractivity contribution >= 4 is 30.7 Å². The molecule has 0 aliphatic carbocycles. The number of piperazine rings is 1. The van der Waals surface area contributed by atoms with Gasteiger partial charge in [-0.25, -0.2) is 0 Å². The van der Waals surface area contributed by atoms with Gasteiger partial charge >= 0.3 is 0 Å². The summed E-state index contributed by atoms with van der Waals surface area (Å²) in [5, 5.41) is 0. The van der Waals surface area contributed by atoms with Crippen molar-refractivity contribution in [2.75, 3.05) is 26.2 Å². The van der Waals surface area contributed by atoms with Gasteiger partial charge in [0.05, 0.1) is 5.92 Å². The molecule has 28 heavy (non-hydrogen) atoms. The Balaban J connectivity index is 0.00000196. The van der Waals surface area contributed by atoms with Crippen molar-refractivity contribution < 1.29 is 4.79 Å². The zero-order chi connectivity index (χ0) is 18.5. The molecule has 1 amide bonds. The predicted octanol–water partition coefficient (Wildman–Crippen LogP) is 3.82. The summed E-state index contributed by atoms with van der Waals surface area (Å²) in [6.07, 6.45) is 0. The van der Waals surface area contributed by atoms with E-state index in [2.05, 4.69) is 36.1 Å². The molecule has 2 atom stereocenters.